The number of aryl methyl sites for hydroxylation is 1. The zero-order valence-electron chi connectivity index (χ0n) is 11.3. The van der Waals surface area contributed by atoms with E-state index < -0.39 is 0 Å². The summed E-state index contributed by atoms with van der Waals surface area (Å²) in [5.74, 6) is 0.818. The number of hydrogen-bond donors (Lipinski definition) is 1. The van der Waals surface area contributed by atoms with Crippen molar-refractivity contribution < 1.29 is 0 Å². The fourth-order valence-corrected chi connectivity index (χ4v) is 3.18. The number of fused-ring (bicyclic) bond motifs is 1. The summed E-state index contributed by atoms with van der Waals surface area (Å²) < 4.78 is 0. The normalized spacial score (nSPS) is 19.1. The third-order valence-corrected chi connectivity index (χ3v) is 4.09. The SMILES string of the molecule is CCc1cccc2c1CCCC2CCCNC. The summed E-state index contributed by atoms with van der Waals surface area (Å²) in [5.41, 5.74) is 4.92. The van der Waals surface area contributed by atoms with E-state index in [1.807, 2.05) is 7.05 Å². The van der Waals surface area contributed by atoms with Crippen LogP contribution in [0.4, 0.5) is 0 Å². The van der Waals surface area contributed by atoms with Crippen LogP contribution in [0.5, 0.6) is 0 Å². The highest BCUT2D eigenvalue weighted by atomic mass is 14.8. The molecule has 17 heavy (non-hydrogen) atoms. The quantitative estimate of drug-likeness (QED) is 0.762. The van der Waals surface area contributed by atoms with Crippen LogP contribution in [0.25, 0.3) is 0 Å². The zero-order chi connectivity index (χ0) is 12.1. The molecule has 0 bridgehead atoms. The highest BCUT2D eigenvalue weighted by molar-refractivity contribution is 5.39. The van der Waals surface area contributed by atoms with E-state index in [0.29, 0.717) is 0 Å². The minimum atomic E-state index is 0.818. The van der Waals surface area contributed by atoms with Crippen molar-refractivity contribution in [3.63, 3.8) is 0 Å². The van der Waals surface area contributed by atoms with Gasteiger partial charge in [0.25, 0.3) is 0 Å². The minimum Gasteiger partial charge on any atom is -0.320 e. The second-order valence-corrected chi connectivity index (χ2v) is 5.17. The van der Waals surface area contributed by atoms with E-state index in [2.05, 4.69) is 30.4 Å². The molecule has 1 unspecified atom stereocenters. The monoisotopic (exact) mass is 231 g/mol. The standard InChI is InChI=1S/C16H25N/c1-3-13-7-4-11-16-14(9-6-12-17-2)8-5-10-15(13)16/h4,7,11,14,17H,3,5-6,8-10,12H2,1-2H3. The van der Waals surface area contributed by atoms with Crippen molar-refractivity contribution in [3.05, 3.63) is 34.9 Å². The summed E-state index contributed by atoms with van der Waals surface area (Å²) in [6, 6.07) is 6.95. The highest BCUT2D eigenvalue weighted by Gasteiger charge is 2.20. The van der Waals surface area contributed by atoms with Crippen LogP contribution >= 0.6 is 0 Å². The minimum absolute atomic E-state index is 0.818. The summed E-state index contributed by atoms with van der Waals surface area (Å²) in [4.78, 5) is 0. The maximum absolute atomic E-state index is 3.25. The lowest BCUT2D eigenvalue weighted by Gasteiger charge is -2.27. The summed E-state index contributed by atoms with van der Waals surface area (Å²) in [6.45, 7) is 3.43. The molecule has 1 N–H and O–H groups in total. The molecule has 0 amide bonds. The number of hydrogen-bond acceptors (Lipinski definition) is 1. The molecule has 1 heteroatoms. The van der Waals surface area contributed by atoms with Gasteiger partial charge in [0.05, 0.1) is 0 Å². The molecule has 0 saturated heterocycles. The van der Waals surface area contributed by atoms with Gasteiger partial charge < -0.3 is 5.32 Å². The Bertz CT molecular complexity index is 357. The van der Waals surface area contributed by atoms with Gasteiger partial charge >= 0.3 is 0 Å². The van der Waals surface area contributed by atoms with E-state index in [-0.39, 0.29) is 0 Å². The summed E-state index contributed by atoms with van der Waals surface area (Å²) >= 11 is 0. The zero-order valence-corrected chi connectivity index (χ0v) is 11.3. The van der Waals surface area contributed by atoms with Crippen LogP contribution in [-0.4, -0.2) is 13.6 Å². The first-order valence-electron chi connectivity index (χ1n) is 7.12. The van der Waals surface area contributed by atoms with Gasteiger partial charge in [-0.2, -0.15) is 0 Å². The summed E-state index contributed by atoms with van der Waals surface area (Å²) in [5, 5.41) is 3.25. The molecule has 1 nitrogen and oxygen atoms in total. The van der Waals surface area contributed by atoms with Gasteiger partial charge in [0.15, 0.2) is 0 Å². The smallest absolute Gasteiger partial charge is 0.00517 e. The van der Waals surface area contributed by atoms with Crippen molar-refractivity contribution in [1.29, 1.82) is 0 Å². The molecule has 1 aliphatic rings. The predicted molar refractivity (Wildman–Crippen MR) is 74.7 cm³/mol. The van der Waals surface area contributed by atoms with E-state index in [4.69, 9.17) is 0 Å². The van der Waals surface area contributed by atoms with Gasteiger partial charge in [0, 0.05) is 0 Å². The molecule has 1 atom stereocenters. The summed E-state index contributed by atoms with van der Waals surface area (Å²) in [7, 11) is 2.05. The average molecular weight is 231 g/mol. The molecule has 0 heterocycles. The van der Waals surface area contributed by atoms with Crippen molar-refractivity contribution in [1.82, 2.24) is 5.32 Å². The van der Waals surface area contributed by atoms with E-state index in [0.717, 1.165) is 12.5 Å². The molecule has 0 spiro atoms. The number of rotatable bonds is 5. The fraction of sp³-hybridized carbons (Fsp3) is 0.625. The Balaban J connectivity index is 2.13. The molecule has 0 aliphatic heterocycles. The molecule has 2 rings (SSSR count). The lowest BCUT2D eigenvalue weighted by molar-refractivity contribution is 0.497. The Morgan fingerprint density at radius 1 is 1.35 bits per heavy atom. The Kier molecular flexibility index (Phi) is 4.61. The topological polar surface area (TPSA) is 12.0 Å². The molecule has 94 valence electrons. The Morgan fingerprint density at radius 2 is 2.24 bits per heavy atom. The van der Waals surface area contributed by atoms with Crippen LogP contribution in [0.1, 0.15) is 55.2 Å². The van der Waals surface area contributed by atoms with E-state index >= 15 is 0 Å². The van der Waals surface area contributed by atoms with Gasteiger partial charge in [-0.3, -0.25) is 0 Å². The third-order valence-electron chi connectivity index (χ3n) is 4.09. The molecule has 1 aliphatic carbocycles. The Hall–Kier alpha value is -0.820. The maximum atomic E-state index is 3.25. The first-order valence-corrected chi connectivity index (χ1v) is 7.12. The van der Waals surface area contributed by atoms with E-state index in [1.54, 1.807) is 16.7 Å². The van der Waals surface area contributed by atoms with Crippen LogP contribution in [-0.2, 0) is 12.8 Å². The first kappa shape index (κ1) is 12.6. The van der Waals surface area contributed by atoms with Crippen LogP contribution in [0.2, 0.25) is 0 Å². The largest absolute Gasteiger partial charge is 0.320 e. The molecular weight excluding hydrogens is 206 g/mol. The molecule has 0 saturated carbocycles. The third kappa shape index (κ3) is 2.90. The molecule has 0 fully saturated rings. The van der Waals surface area contributed by atoms with Crippen LogP contribution in [0.3, 0.4) is 0 Å². The molecule has 1 aromatic carbocycles. The lowest BCUT2D eigenvalue weighted by atomic mass is 9.78. The molecule has 0 aromatic heterocycles. The fourth-order valence-electron chi connectivity index (χ4n) is 3.18. The van der Waals surface area contributed by atoms with Crippen molar-refractivity contribution in [2.75, 3.05) is 13.6 Å². The Morgan fingerprint density at radius 3 is 3.00 bits per heavy atom. The van der Waals surface area contributed by atoms with E-state index in [9.17, 15) is 0 Å². The molecular formula is C16H25N. The summed E-state index contributed by atoms with van der Waals surface area (Å²) in [6.07, 6.45) is 7.92. The number of benzene rings is 1. The van der Waals surface area contributed by atoms with Gasteiger partial charge in [-0.05, 0) is 74.7 Å². The van der Waals surface area contributed by atoms with Gasteiger partial charge in [-0.15, -0.1) is 0 Å². The van der Waals surface area contributed by atoms with Crippen LogP contribution in [0, 0.1) is 0 Å². The number of nitrogens with one attached hydrogen (secondary N) is 1. The van der Waals surface area contributed by atoms with Crippen molar-refractivity contribution >= 4 is 0 Å². The average Bonchev–Trinajstić information content (AvgIpc) is 2.38. The highest BCUT2D eigenvalue weighted by Crippen LogP contribution is 2.36. The van der Waals surface area contributed by atoms with Crippen LogP contribution < -0.4 is 5.32 Å². The van der Waals surface area contributed by atoms with Crippen molar-refractivity contribution in [3.8, 4) is 0 Å². The van der Waals surface area contributed by atoms with Gasteiger partial charge in [0.2, 0.25) is 0 Å². The second-order valence-electron chi connectivity index (χ2n) is 5.17. The van der Waals surface area contributed by atoms with Crippen LogP contribution in [0.15, 0.2) is 18.2 Å². The lowest BCUT2D eigenvalue weighted by Crippen LogP contribution is -2.14. The van der Waals surface area contributed by atoms with Crippen molar-refractivity contribution in [2.45, 2.75) is 51.4 Å². The Labute approximate surface area is 106 Å². The van der Waals surface area contributed by atoms with Crippen molar-refractivity contribution in [2.24, 2.45) is 0 Å². The second kappa shape index (κ2) is 6.20. The van der Waals surface area contributed by atoms with Gasteiger partial charge in [0.1, 0.15) is 0 Å². The van der Waals surface area contributed by atoms with E-state index in [1.165, 1.54) is 38.5 Å². The maximum Gasteiger partial charge on any atom is -0.00517 e. The first-order chi connectivity index (χ1) is 8.36. The molecule has 1 aromatic rings. The predicted octanol–water partition coefficient (Wildman–Crippen LogP) is 3.67. The van der Waals surface area contributed by atoms with Gasteiger partial charge in [-0.1, -0.05) is 25.1 Å². The van der Waals surface area contributed by atoms with Gasteiger partial charge in [-0.25, -0.2) is 0 Å². The molecule has 0 radical (unpaired) electrons.